The van der Waals surface area contributed by atoms with E-state index in [1.165, 1.54) is 18.4 Å². The van der Waals surface area contributed by atoms with E-state index in [-0.39, 0.29) is 5.91 Å². The molecule has 3 nitrogen and oxygen atoms in total. The molecule has 20 heavy (non-hydrogen) atoms. The first kappa shape index (κ1) is 14.3. The number of halogens is 1. The molecule has 108 valence electrons. The molecule has 0 radical (unpaired) electrons. The molecular weight excluding hydrogens is 363 g/mol. The second-order valence-electron chi connectivity index (χ2n) is 5.85. The first-order valence-electron chi connectivity index (χ1n) is 7.48. The van der Waals surface area contributed by atoms with Crippen LogP contribution in [0.4, 0.5) is 0 Å². The average molecular weight is 384 g/mol. The molecule has 4 heteroatoms. The predicted molar refractivity (Wildman–Crippen MR) is 89.0 cm³/mol. The summed E-state index contributed by atoms with van der Waals surface area (Å²) in [6, 6.07) is 6.92. The minimum absolute atomic E-state index is 0.217. The fourth-order valence-electron chi connectivity index (χ4n) is 3.47. The van der Waals surface area contributed by atoms with Gasteiger partial charge in [-0.25, -0.2) is 0 Å². The number of carbonyl (C=O) groups is 1. The van der Waals surface area contributed by atoms with Crippen LogP contribution >= 0.6 is 22.6 Å². The van der Waals surface area contributed by atoms with Crippen molar-refractivity contribution in [3.63, 3.8) is 0 Å². The van der Waals surface area contributed by atoms with E-state index in [4.69, 9.17) is 0 Å². The quantitative estimate of drug-likeness (QED) is 0.796. The molecule has 2 aliphatic heterocycles. The van der Waals surface area contributed by atoms with Crippen LogP contribution in [0, 0.1) is 10.5 Å². The smallest absolute Gasteiger partial charge is 0.255 e. The van der Waals surface area contributed by atoms with Gasteiger partial charge in [0.15, 0.2) is 0 Å². The molecule has 0 aromatic heterocycles. The second kappa shape index (κ2) is 6.02. The van der Waals surface area contributed by atoms with Gasteiger partial charge in [0.05, 0.1) is 5.56 Å². The Bertz CT molecular complexity index is 511. The molecule has 0 aliphatic carbocycles. The predicted octanol–water partition coefficient (Wildman–Crippen LogP) is 2.96. The Balaban J connectivity index is 1.83. The first-order chi connectivity index (χ1) is 9.68. The molecule has 3 rings (SSSR count). The molecule has 1 aromatic rings. The van der Waals surface area contributed by atoms with Gasteiger partial charge in [-0.05, 0) is 73.4 Å². The second-order valence-corrected chi connectivity index (χ2v) is 6.93. The lowest BCUT2D eigenvalue weighted by molar-refractivity contribution is 0.0710. The van der Waals surface area contributed by atoms with Gasteiger partial charge in [-0.3, -0.25) is 4.79 Å². The van der Waals surface area contributed by atoms with Crippen molar-refractivity contribution in [3.05, 3.63) is 32.9 Å². The maximum Gasteiger partial charge on any atom is 0.255 e. The molecule has 1 N–H and O–H groups in total. The molecule has 2 saturated heterocycles. The topological polar surface area (TPSA) is 32.3 Å². The fourth-order valence-corrected chi connectivity index (χ4v) is 4.06. The Morgan fingerprint density at radius 2 is 2.20 bits per heavy atom. The Kier molecular flexibility index (Phi) is 4.31. The fraction of sp³-hybridized carbons (Fsp3) is 0.562. The van der Waals surface area contributed by atoms with Gasteiger partial charge in [-0.15, -0.1) is 0 Å². The summed E-state index contributed by atoms with van der Waals surface area (Å²) in [5.74, 6) is 0.217. The van der Waals surface area contributed by atoms with E-state index in [9.17, 15) is 4.79 Å². The number of amides is 1. The van der Waals surface area contributed by atoms with Gasteiger partial charge in [0.1, 0.15) is 0 Å². The van der Waals surface area contributed by atoms with Gasteiger partial charge in [0.2, 0.25) is 0 Å². The van der Waals surface area contributed by atoms with Crippen LogP contribution in [-0.4, -0.2) is 36.0 Å². The van der Waals surface area contributed by atoms with Gasteiger partial charge < -0.3 is 10.2 Å². The zero-order valence-electron chi connectivity index (χ0n) is 11.9. The number of carbonyl (C=O) groups excluding carboxylic acids is 1. The molecule has 0 spiro atoms. The summed E-state index contributed by atoms with van der Waals surface area (Å²) in [5, 5.41) is 3.57. The Labute approximate surface area is 134 Å². The zero-order chi connectivity index (χ0) is 14.1. The van der Waals surface area contributed by atoms with Gasteiger partial charge >= 0.3 is 0 Å². The maximum atomic E-state index is 12.9. The molecule has 1 amide bonds. The van der Waals surface area contributed by atoms with Gasteiger partial charge in [0, 0.05) is 22.2 Å². The van der Waals surface area contributed by atoms with Crippen molar-refractivity contribution in [1.82, 2.24) is 10.2 Å². The summed E-state index contributed by atoms with van der Waals surface area (Å²) in [6.45, 7) is 4.08. The Morgan fingerprint density at radius 1 is 1.35 bits per heavy atom. The first-order valence-corrected chi connectivity index (χ1v) is 8.56. The molecule has 2 aliphatic rings. The van der Waals surface area contributed by atoms with Crippen molar-refractivity contribution in [2.75, 3.05) is 13.1 Å². The summed E-state index contributed by atoms with van der Waals surface area (Å²) in [4.78, 5) is 15.0. The third kappa shape index (κ3) is 2.60. The third-order valence-corrected chi connectivity index (χ3v) is 5.98. The number of aryl methyl sites for hydroxylation is 1. The molecule has 2 fully saturated rings. The van der Waals surface area contributed by atoms with E-state index >= 15 is 0 Å². The summed E-state index contributed by atoms with van der Waals surface area (Å²) in [6.07, 6.45) is 4.73. The monoisotopic (exact) mass is 384 g/mol. The molecule has 2 unspecified atom stereocenters. The van der Waals surface area contributed by atoms with Crippen LogP contribution in [0.2, 0.25) is 0 Å². The minimum Gasteiger partial charge on any atom is -0.334 e. The van der Waals surface area contributed by atoms with Crippen molar-refractivity contribution in [1.29, 1.82) is 0 Å². The number of rotatable bonds is 2. The normalized spacial score (nSPS) is 26.2. The van der Waals surface area contributed by atoms with Crippen molar-refractivity contribution < 1.29 is 4.79 Å². The summed E-state index contributed by atoms with van der Waals surface area (Å²) in [5.41, 5.74) is 2.06. The van der Waals surface area contributed by atoms with Gasteiger partial charge in [-0.1, -0.05) is 12.1 Å². The summed E-state index contributed by atoms with van der Waals surface area (Å²) in [7, 11) is 0. The van der Waals surface area contributed by atoms with E-state index < -0.39 is 0 Å². The van der Waals surface area contributed by atoms with E-state index in [0.717, 1.165) is 35.1 Å². The molecule has 2 atom stereocenters. The Hall–Kier alpha value is -0.620. The SMILES string of the molecule is Cc1cccc(C(=O)N2CCCC2C2CCCN2)c1I. The van der Waals surface area contributed by atoms with Crippen LogP contribution in [0.5, 0.6) is 0 Å². The van der Waals surface area contributed by atoms with Crippen LogP contribution < -0.4 is 5.32 Å². The number of nitrogens with one attached hydrogen (secondary N) is 1. The summed E-state index contributed by atoms with van der Waals surface area (Å²) >= 11 is 2.30. The van der Waals surface area contributed by atoms with E-state index in [1.54, 1.807) is 0 Å². The average Bonchev–Trinajstić information content (AvgIpc) is 3.10. The number of benzene rings is 1. The van der Waals surface area contributed by atoms with E-state index in [2.05, 4.69) is 45.8 Å². The Morgan fingerprint density at radius 3 is 2.95 bits per heavy atom. The lowest BCUT2D eigenvalue weighted by Crippen LogP contribution is -2.46. The largest absolute Gasteiger partial charge is 0.334 e. The highest BCUT2D eigenvalue weighted by atomic mass is 127. The lowest BCUT2D eigenvalue weighted by Gasteiger charge is -2.30. The van der Waals surface area contributed by atoms with Crippen LogP contribution in [0.3, 0.4) is 0 Å². The number of hydrogen-bond donors (Lipinski definition) is 1. The summed E-state index contributed by atoms with van der Waals surface area (Å²) < 4.78 is 1.10. The van der Waals surface area contributed by atoms with Crippen LogP contribution in [0.25, 0.3) is 0 Å². The molecule has 2 heterocycles. The third-order valence-electron chi connectivity index (χ3n) is 4.55. The highest BCUT2D eigenvalue weighted by Gasteiger charge is 2.36. The minimum atomic E-state index is 0.217. The molecule has 0 saturated carbocycles. The standard InChI is InChI=1S/C16H21IN2O/c1-11-5-2-6-12(15(11)17)16(20)19-10-4-8-14(19)13-7-3-9-18-13/h2,5-6,13-14,18H,3-4,7-10H2,1H3. The van der Waals surface area contributed by atoms with Gasteiger partial charge in [-0.2, -0.15) is 0 Å². The number of nitrogens with zero attached hydrogens (tertiary/aromatic N) is 1. The highest BCUT2D eigenvalue weighted by molar-refractivity contribution is 14.1. The van der Waals surface area contributed by atoms with E-state index in [0.29, 0.717) is 12.1 Å². The molecule has 1 aromatic carbocycles. The van der Waals surface area contributed by atoms with Crippen molar-refractivity contribution in [3.8, 4) is 0 Å². The lowest BCUT2D eigenvalue weighted by atomic mass is 10.0. The number of hydrogen-bond acceptors (Lipinski definition) is 2. The van der Waals surface area contributed by atoms with Crippen molar-refractivity contribution >= 4 is 28.5 Å². The zero-order valence-corrected chi connectivity index (χ0v) is 14.0. The van der Waals surface area contributed by atoms with Gasteiger partial charge in [0.25, 0.3) is 5.91 Å². The maximum absolute atomic E-state index is 12.9. The highest BCUT2D eigenvalue weighted by Crippen LogP contribution is 2.28. The number of likely N-dealkylation sites (tertiary alicyclic amines) is 1. The van der Waals surface area contributed by atoms with Crippen LogP contribution in [-0.2, 0) is 0 Å². The van der Waals surface area contributed by atoms with Crippen molar-refractivity contribution in [2.45, 2.75) is 44.7 Å². The molecule has 0 bridgehead atoms. The van der Waals surface area contributed by atoms with Crippen LogP contribution in [0.1, 0.15) is 41.6 Å². The van der Waals surface area contributed by atoms with Crippen molar-refractivity contribution in [2.24, 2.45) is 0 Å². The van der Waals surface area contributed by atoms with E-state index in [1.807, 2.05) is 12.1 Å². The molecular formula is C16H21IN2O. The van der Waals surface area contributed by atoms with Crippen LogP contribution in [0.15, 0.2) is 18.2 Å².